The highest BCUT2D eigenvalue weighted by Gasteiger charge is 2.09. The highest BCUT2D eigenvalue weighted by atomic mass is 32.1. The molecule has 0 aliphatic carbocycles. The van der Waals surface area contributed by atoms with Gasteiger partial charge in [-0.1, -0.05) is 12.2 Å². The molecule has 2 rings (SSSR count). The summed E-state index contributed by atoms with van der Waals surface area (Å²) in [5, 5.41) is 0. The molecular formula is C13H12FN3O2S. The topological polar surface area (TPSA) is 70.0 Å². The Hall–Kier alpha value is -2.28. The maximum absolute atomic E-state index is 13.8. The van der Waals surface area contributed by atoms with Crippen molar-refractivity contribution in [1.29, 1.82) is 0 Å². The molecule has 1 aromatic heterocycles. The molecule has 104 valence electrons. The standard InChI is InChI=1S/C13H12FN3O2S/c1-16-5-4-11(18)17(13(16)19)7-9-6-8(12(15)20)2-3-10(9)14/h2-6H,7H2,1H3,(H2,15,20). The maximum Gasteiger partial charge on any atom is 0.331 e. The fraction of sp³-hybridized carbons (Fsp3) is 0.154. The lowest BCUT2D eigenvalue weighted by Crippen LogP contribution is -2.38. The molecule has 2 aromatic rings. The van der Waals surface area contributed by atoms with E-state index in [2.05, 4.69) is 0 Å². The molecule has 1 aromatic carbocycles. The number of aryl methyl sites for hydroxylation is 1. The minimum absolute atomic E-state index is 0.125. The molecular weight excluding hydrogens is 281 g/mol. The third-order valence-electron chi connectivity index (χ3n) is 2.90. The van der Waals surface area contributed by atoms with Crippen molar-refractivity contribution in [1.82, 2.24) is 9.13 Å². The summed E-state index contributed by atoms with van der Waals surface area (Å²) in [6.07, 6.45) is 1.36. The van der Waals surface area contributed by atoms with Crippen molar-refractivity contribution in [2.24, 2.45) is 12.8 Å². The van der Waals surface area contributed by atoms with Crippen LogP contribution in [0.5, 0.6) is 0 Å². The Bertz CT molecular complexity index is 795. The smallest absolute Gasteiger partial charge is 0.331 e. The van der Waals surface area contributed by atoms with Crippen LogP contribution in [0.4, 0.5) is 4.39 Å². The number of halogens is 1. The Morgan fingerprint density at radius 1 is 1.35 bits per heavy atom. The molecule has 2 N–H and O–H groups in total. The summed E-state index contributed by atoms with van der Waals surface area (Å²) >= 11 is 4.82. The van der Waals surface area contributed by atoms with Gasteiger partial charge in [-0.3, -0.25) is 9.36 Å². The van der Waals surface area contributed by atoms with E-state index in [0.717, 1.165) is 4.57 Å². The third-order valence-corrected chi connectivity index (χ3v) is 3.13. The zero-order valence-corrected chi connectivity index (χ0v) is 11.5. The van der Waals surface area contributed by atoms with Gasteiger partial charge in [0, 0.05) is 30.4 Å². The van der Waals surface area contributed by atoms with E-state index >= 15 is 0 Å². The minimum atomic E-state index is -0.525. The van der Waals surface area contributed by atoms with Gasteiger partial charge in [0.15, 0.2) is 0 Å². The third kappa shape index (κ3) is 2.67. The summed E-state index contributed by atoms with van der Waals surface area (Å²) in [5.41, 5.74) is 5.14. The number of hydrogen-bond acceptors (Lipinski definition) is 3. The van der Waals surface area contributed by atoms with Crippen LogP contribution < -0.4 is 17.0 Å². The molecule has 7 heteroatoms. The monoisotopic (exact) mass is 293 g/mol. The first-order chi connectivity index (χ1) is 9.40. The summed E-state index contributed by atoms with van der Waals surface area (Å²) < 4.78 is 16.0. The lowest BCUT2D eigenvalue weighted by molar-refractivity contribution is 0.578. The molecule has 1 heterocycles. The molecule has 0 bridgehead atoms. The van der Waals surface area contributed by atoms with Crippen LogP contribution >= 0.6 is 12.2 Å². The van der Waals surface area contributed by atoms with E-state index in [1.165, 1.54) is 42.1 Å². The second-order valence-electron chi connectivity index (χ2n) is 4.30. The average Bonchev–Trinajstić information content (AvgIpc) is 2.41. The maximum atomic E-state index is 13.8. The number of nitrogens with zero attached hydrogens (tertiary/aromatic N) is 2. The largest absolute Gasteiger partial charge is 0.389 e. The van der Waals surface area contributed by atoms with Crippen molar-refractivity contribution in [2.45, 2.75) is 6.54 Å². The first kappa shape index (κ1) is 14.1. The van der Waals surface area contributed by atoms with E-state index in [1.807, 2.05) is 0 Å². The lowest BCUT2D eigenvalue weighted by atomic mass is 10.1. The van der Waals surface area contributed by atoms with E-state index in [4.69, 9.17) is 18.0 Å². The first-order valence-electron chi connectivity index (χ1n) is 5.75. The van der Waals surface area contributed by atoms with Crippen molar-refractivity contribution >= 4 is 17.2 Å². The summed E-state index contributed by atoms with van der Waals surface area (Å²) in [7, 11) is 1.51. The fourth-order valence-electron chi connectivity index (χ4n) is 1.78. The predicted molar refractivity (Wildman–Crippen MR) is 77.3 cm³/mol. The first-order valence-corrected chi connectivity index (χ1v) is 6.15. The Balaban J connectivity index is 2.53. The number of thiocarbonyl (C=S) groups is 1. The Labute approximate surface area is 119 Å². The molecule has 0 spiro atoms. The summed E-state index contributed by atoms with van der Waals surface area (Å²) in [6, 6.07) is 5.35. The van der Waals surface area contributed by atoms with Crippen LogP contribution in [0.3, 0.4) is 0 Å². The normalized spacial score (nSPS) is 10.5. The molecule has 0 aliphatic heterocycles. The van der Waals surface area contributed by atoms with Gasteiger partial charge in [0.25, 0.3) is 5.56 Å². The summed E-state index contributed by atoms with van der Waals surface area (Å²) in [5.74, 6) is -0.525. The molecule has 0 fully saturated rings. The summed E-state index contributed by atoms with van der Waals surface area (Å²) in [6.45, 7) is -0.172. The Morgan fingerprint density at radius 2 is 2.05 bits per heavy atom. The quantitative estimate of drug-likeness (QED) is 0.830. The van der Waals surface area contributed by atoms with E-state index in [9.17, 15) is 14.0 Å². The van der Waals surface area contributed by atoms with Gasteiger partial charge >= 0.3 is 5.69 Å². The molecule has 0 atom stereocenters. The van der Waals surface area contributed by atoms with E-state index in [0.29, 0.717) is 5.56 Å². The molecule has 5 nitrogen and oxygen atoms in total. The molecule has 0 saturated heterocycles. The van der Waals surface area contributed by atoms with Crippen molar-refractivity contribution in [3.8, 4) is 0 Å². The van der Waals surface area contributed by atoms with Gasteiger partial charge in [0.1, 0.15) is 10.8 Å². The SMILES string of the molecule is Cn1ccc(=O)n(Cc2cc(C(N)=S)ccc2F)c1=O. The van der Waals surface area contributed by atoms with Crippen LogP contribution in [0.2, 0.25) is 0 Å². The van der Waals surface area contributed by atoms with E-state index in [-0.39, 0.29) is 17.1 Å². The summed E-state index contributed by atoms with van der Waals surface area (Å²) in [4.78, 5) is 23.7. The van der Waals surface area contributed by atoms with Crippen molar-refractivity contribution in [2.75, 3.05) is 0 Å². The van der Waals surface area contributed by atoms with Gasteiger partial charge in [0.2, 0.25) is 0 Å². The zero-order chi connectivity index (χ0) is 14.9. The zero-order valence-electron chi connectivity index (χ0n) is 10.7. The highest BCUT2D eigenvalue weighted by Crippen LogP contribution is 2.11. The molecule has 20 heavy (non-hydrogen) atoms. The number of rotatable bonds is 3. The van der Waals surface area contributed by atoms with Gasteiger partial charge in [0.05, 0.1) is 6.54 Å². The van der Waals surface area contributed by atoms with Gasteiger partial charge < -0.3 is 10.3 Å². The lowest BCUT2D eigenvalue weighted by Gasteiger charge is -2.09. The van der Waals surface area contributed by atoms with Crippen LogP contribution in [0.25, 0.3) is 0 Å². The number of aromatic nitrogens is 2. The van der Waals surface area contributed by atoms with Crippen molar-refractivity contribution in [3.05, 3.63) is 68.2 Å². The molecule has 0 saturated carbocycles. The predicted octanol–water partition coefficient (Wildman–Crippen LogP) is 0.369. The van der Waals surface area contributed by atoms with Crippen LogP contribution in [-0.2, 0) is 13.6 Å². The highest BCUT2D eigenvalue weighted by molar-refractivity contribution is 7.80. The molecule has 0 radical (unpaired) electrons. The fourth-order valence-corrected chi connectivity index (χ4v) is 1.91. The van der Waals surface area contributed by atoms with Gasteiger partial charge in [-0.2, -0.15) is 0 Å². The number of hydrogen-bond donors (Lipinski definition) is 1. The van der Waals surface area contributed by atoms with Crippen LogP contribution in [-0.4, -0.2) is 14.1 Å². The minimum Gasteiger partial charge on any atom is -0.389 e. The van der Waals surface area contributed by atoms with E-state index < -0.39 is 17.1 Å². The average molecular weight is 293 g/mol. The second kappa shape index (κ2) is 5.38. The number of benzene rings is 1. The van der Waals surface area contributed by atoms with Crippen LogP contribution in [0, 0.1) is 5.82 Å². The molecule has 0 unspecified atom stereocenters. The van der Waals surface area contributed by atoms with E-state index in [1.54, 1.807) is 0 Å². The molecule has 0 aliphatic rings. The van der Waals surface area contributed by atoms with Crippen LogP contribution in [0.1, 0.15) is 11.1 Å². The second-order valence-corrected chi connectivity index (χ2v) is 4.74. The van der Waals surface area contributed by atoms with Crippen molar-refractivity contribution in [3.63, 3.8) is 0 Å². The van der Waals surface area contributed by atoms with Gasteiger partial charge in [-0.15, -0.1) is 0 Å². The number of nitrogens with two attached hydrogens (primary N) is 1. The Kier molecular flexibility index (Phi) is 3.80. The Morgan fingerprint density at radius 3 is 2.70 bits per heavy atom. The van der Waals surface area contributed by atoms with Gasteiger partial charge in [-0.05, 0) is 18.2 Å². The van der Waals surface area contributed by atoms with Crippen LogP contribution in [0.15, 0.2) is 40.1 Å². The van der Waals surface area contributed by atoms with Crippen molar-refractivity contribution < 1.29 is 4.39 Å². The van der Waals surface area contributed by atoms with Gasteiger partial charge in [-0.25, -0.2) is 9.18 Å². The molecule has 0 amide bonds.